The molecule has 1 fully saturated rings. The summed E-state index contributed by atoms with van der Waals surface area (Å²) >= 11 is 0. The summed E-state index contributed by atoms with van der Waals surface area (Å²) in [6.07, 6.45) is 1.94. The second-order valence-corrected chi connectivity index (χ2v) is 2.43. The van der Waals surface area contributed by atoms with Crippen LogP contribution in [-0.4, -0.2) is 11.1 Å². The van der Waals surface area contributed by atoms with Gasteiger partial charge in [-0.15, -0.1) is 6.58 Å². The fraction of sp³-hybridized carbons (Fsp3) is 0.429. The van der Waals surface area contributed by atoms with Crippen molar-refractivity contribution in [3.05, 3.63) is 12.7 Å². The summed E-state index contributed by atoms with van der Waals surface area (Å²) in [5.74, 6) is -1.17. The van der Waals surface area contributed by atoms with Crippen LogP contribution in [0.5, 0.6) is 0 Å². The Hall–Kier alpha value is -1.30. The van der Waals surface area contributed by atoms with Gasteiger partial charge in [-0.05, 0) is 6.42 Å². The van der Waals surface area contributed by atoms with Crippen LogP contribution in [0.1, 0.15) is 6.42 Å². The van der Waals surface area contributed by atoms with Gasteiger partial charge in [0.15, 0.2) is 5.41 Å². The van der Waals surface area contributed by atoms with Gasteiger partial charge < -0.3 is 5.11 Å². The Bertz CT molecular complexity index is 228. The van der Waals surface area contributed by atoms with Crippen LogP contribution >= 0.6 is 0 Å². The van der Waals surface area contributed by atoms with Gasteiger partial charge in [0.05, 0.1) is 6.07 Å². The van der Waals surface area contributed by atoms with E-state index in [1.165, 1.54) is 6.08 Å². The highest BCUT2D eigenvalue weighted by atomic mass is 16.4. The van der Waals surface area contributed by atoms with Crippen molar-refractivity contribution in [2.75, 3.05) is 0 Å². The van der Waals surface area contributed by atoms with E-state index in [9.17, 15) is 4.79 Å². The van der Waals surface area contributed by atoms with Crippen LogP contribution in [0.3, 0.4) is 0 Å². The van der Waals surface area contributed by atoms with Crippen molar-refractivity contribution in [1.29, 1.82) is 5.26 Å². The maximum absolute atomic E-state index is 10.4. The van der Waals surface area contributed by atoms with Gasteiger partial charge in [0.25, 0.3) is 0 Å². The molecule has 2 atom stereocenters. The molecule has 10 heavy (non-hydrogen) atoms. The van der Waals surface area contributed by atoms with Crippen LogP contribution in [0.25, 0.3) is 0 Å². The number of carboxylic acid groups (broad SMARTS) is 1. The van der Waals surface area contributed by atoms with E-state index in [0.29, 0.717) is 6.42 Å². The third-order valence-corrected chi connectivity index (χ3v) is 1.88. The average molecular weight is 137 g/mol. The molecule has 1 rings (SSSR count). The number of rotatable bonds is 2. The summed E-state index contributed by atoms with van der Waals surface area (Å²) in [5, 5.41) is 17.0. The maximum atomic E-state index is 10.4. The summed E-state index contributed by atoms with van der Waals surface area (Å²) < 4.78 is 0. The molecule has 52 valence electrons. The molecule has 1 aliphatic rings. The monoisotopic (exact) mass is 137 g/mol. The molecule has 0 bridgehead atoms. The van der Waals surface area contributed by atoms with Crippen molar-refractivity contribution in [2.24, 2.45) is 11.3 Å². The number of hydrogen-bond donors (Lipinski definition) is 1. The van der Waals surface area contributed by atoms with Crippen molar-refractivity contribution in [1.82, 2.24) is 0 Å². The normalized spacial score (nSPS) is 36.1. The van der Waals surface area contributed by atoms with Crippen LogP contribution < -0.4 is 0 Å². The molecule has 2 unspecified atom stereocenters. The van der Waals surface area contributed by atoms with E-state index in [2.05, 4.69) is 6.58 Å². The Labute approximate surface area is 58.6 Å². The van der Waals surface area contributed by atoms with Gasteiger partial charge in [0.1, 0.15) is 0 Å². The van der Waals surface area contributed by atoms with E-state index in [0.717, 1.165) is 0 Å². The molecule has 0 saturated heterocycles. The molecule has 0 radical (unpaired) electrons. The smallest absolute Gasteiger partial charge is 0.324 e. The molecule has 0 spiro atoms. The van der Waals surface area contributed by atoms with Gasteiger partial charge in [-0.2, -0.15) is 5.26 Å². The van der Waals surface area contributed by atoms with E-state index in [4.69, 9.17) is 10.4 Å². The number of carboxylic acids is 1. The fourth-order valence-corrected chi connectivity index (χ4v) is 0.995. The van der Waals surface area contributed by atoms with Crippen LogP contribution in [0, 0.1) is 22.7 Å². The molecule has 0 aromatic heterocycles. The standard InChI is InChI=1S/C7H7NO2/c1-2-5-3-7(5,4-8)6(9)10/h2,5H,1,3H2,(H,9,10). The fourth-order valence-electron chi connectivity index (χ4n) is 0.995. The molecular weight excluding hydrogens is 130 g/mol. The van der Waals surface area contributed by atoms with E-state index >= 15 is 0 Å². The lowest BCUT2D eigenvalue weighted by atomic mass is 10.1. The van der Waals surface area contributed by atoms with Crippen molar-refractivity contribution in [3.8, 4) is 6.07 Å². The Morgan fingerprint density at radius 3 is 2.70 bits per heavy atom. The highest BCUT2D eigenvalue weighted by molar-refractivity contribution is 5.82. The predicted molar refractivity (Wildman–Crippen MR) is 34.0 cm³/mol. The first-order valence-electron chi connectivity index (χ1n) is 2.94. The molecule has 3 heteroatoms. The van der Waals surface area contributed by atoms with Gasteiger partial charge in [-0.1, -0.05) is 6.08 Å². The van der Waals surface area contributed by atoms with Gasteiger partial charge in [0, 0.05) is 5.92 Å². The van der Waals surface area contributed by atoms with Gasteiger partial charge in [-0.25, -0.2) is 0 Å². The Morgan fingerprint density at radius 2 is 2.60 bits per heavy atom. The minimum Gasteiger partial charge on any atom is -0.480 e. The third-order valence-electron chi connectivity index (χ3n) is 1.88. The lowest BCUT2D eigenvalue weighted by Crippen LogP contribution is -2.14. The molecule has 0 amide bonds. The van der Waals surface area contributed by atoms with Crippen LogP contribution in [0.4, 0.5) is 0 Å². The summed E-state index contributed by atoms with van der Waals surface area (Å²) in [6, 6.07) is 1.78. The molecule has 0 aromatic carbocycles. The number of hydrogen-bond acceptors (Lipinski definition) is 2. The lowest BCUT2D eigenvalue weighted by Gasteiger charge is -1.95. The average Bonchev–Trinajstić information content (AvgIpc) is 2.62. The third kappa shape index (κ3) is 0.623. The highest BCUT2D eigenvalue weighted by Gasteiger charge is 2.60. The highest BCUT2D eigenvalue weighted by Crippen LogP contribution is 2.52. The number of carbonyl (C=O) groups is 1. The van der Waals surface area contributed by atoms with Gasteiger partial charge in [0.2, 0.25) is 0 Å². The molecule has 0 heterocycles. The molecule has 1 N–H and O–H groups in total. The first-order valence-corrected chi connectivity index (χ1v) is 2.94. The number of allylic oxidation sites excluding steroid dienone is 1. The Balaban J connectivity index is 2.80. The number of aliphatic carboxylic acids is 1. The maximum Gasteiger partial charge on any atom is 0.324 e. The Morgan fingerprint density at radius 1 is 2.00 bits per heavy atom. The number of nitriles is 1. The summed E-state index contributed by atoms with van der Waals surface area (Å²) in [5.41, 5.74) is -1.14. The second kappa shape index (κ2) is 1.84. The largest absolute Gasteiger partial charge is 0.480 e. The molecule has 1 aliphatic carbocycles. The SMILES string of the molecule is C=CC1CC1(C#N)C(=O)O. The molecular formula is C7H7NO2. The van der Waals surface area contributed by atoms with Crippen molar-refractivity contribution in [2.45, 2.75) is 6.42 Å². The topological polar surface area (TPSA) is 61.1 Å². The van der Waals surface area contributed by atoms with Crippen molar-refractivity contribution >= 4 is 5.97 Å². The predicted octanol–water partition coefficient (Wildman–Crippen LogP) is 0.787. The molecule has 3 nitrogen and oxygen atoms in total. The van der Waals surface area contributed by atoms with Crippen LogP contribution in [0.2, 0.25) is 0 Å². The van der Waals surface area contributed by atoms with Gasteiger partial charge >= 0.3 is 5.97 Å². The first kappa shape index (κ1) is 6.81. The number of nitrogens with zero attached hydrogens (tertiary/aromatic N) is 1. The minimum absolute atomic E-state index is 0.144. The second-order valence-electron chi connectivity index (χ2n) is 2.43. The van der Waals surface area contributed by atoms with Crippen LogP contribution in [0.15, 0.2) is 12.7 Å². The summed E-state index contributed by atoms with van der Waals surface area (Å²) in [4.78, 5) is 10.4. The zero-order valence-electron chi connectivity index (χ0n) is 5.37. The summed E-state index contributed by atoms with van der Waals surface area (Å²) in [6.45, 7) is 3.43. The van der Waals surface area contributed by atoms with Crippen molar-refractivity contribution < 1.29 is 9.90 Å². The molecule has 0 aliphatic heterocycles. The first-order chi connectivity index (χ1) is 4.67. The van der Waals surface area contributed by atoms with E-state index in [-0.39, 0.29) is 5.92 Å². The summed E-state index contributed by atoms with van der Waals surface area (Å²) in [7, 11) is 0. The molecule has 1 saturated carbocycles. The van der Waals surface area contributed by atoms with E-state index < -0.39 is 11.4 Å². The zero-order valence-corrected chi connectivity index (χ0v) is 5.37. The lowest BCUT2D eigenvalue weighted by molar-refractivity contribution is -0.141. The van der Waals surface area contributed by atoms with Crippen LogP contribution in [-0.2, 0) is 4.79 Å². The quantitative estimate of drug-likeness (QED) is 0.572. The minimum atomic E-state index is -1.14. The molecule has 0 aromatic rings. The van der Waals surface area contributed by atoms with E-state index in [1.54, 1.807) is 6.07 Å². The zero-order chi connectivity index (χ0) is 7.78. The Kier molecular flexibility index (Phi) is 1.26. The van der Waals surface area contributed by atoms with Gasteiger partial charge in [-0.3, -0.25) is 4.79 Å². The van der Waals surface area contributed by atoms with E-state index in [1.807, 2.05) is 0 Å². The van der Waals surface area contributed by atoms with Crippen molar-refractivity contribution in [3.63, 3.8) is 0 Å².